The minimum absolute atomic E-state index is 1.01. The first-order valence-electron chi connectivity index (χ1n) is 5.94. The lowest BCUT2D eigenvalue weighted by atomic mass is 10.4. The molecular formula is C11H25IOSi. The summed E-state index contributed by atoms with van der Waals surface area (Å²) in [6, 6.07) is 3.96. The van der Waals surface area contributed by atoms with Crippen molar-refractivity contribution in [2.24, 2.45) is 0 Å². The molecule has 14 heavy (non-hydrogen) atoms. The maximum Gasteiger partial charge on any atom is 0.192 e. The van der Waals surface area contributed by atoms with Crippen LogP contribution in [-0.4, -0.2) is 19.4 Å². The molecule has 86 valence electrons. The quantitative estimate of drug-likeness (QED) is 0.260. The van der Waals surface area contributed by atoms with Gasteiger partial charge in [-0.25, -0.2) is 0 Å². The molecule has 0 aromatic rings. The van der Waals surface area contributed by atoms with Gasteiger partial charge in [0.15, 0.2) is 8.32 Å². The van der Waals surface area contributed by atoms with E-state index in [0.717, 1.165) is 6.61 Å². The van der Waals surface area contributed by atoms with Crippen molar-refractivity contribution in [1.29, 1.82) is 0 Å². The number of unbranched alkanes of at least 4 members (excludes halogenated alkanes) is 1. The molecule has 0 unspecified atom stereocenters. The van der Waals surface area contributed by atoms with Gasteiger partial charge in [0, 0.05) is 6.61 Å². The number of hydrogen-bond acceptors (Lipinski definition) is 1. The zero-order valence-corrected chi connectivity index (χ0v) is 13.1. The van der Waals surface area contributed by atoms with Crippen molar-refractivity contribution in [1.82, 2.24) is 0 Å². The zero-order valence-electron chi connectivity index (χ0n) is 9.94. The van der Waals surface area contributed by atoms with Crippen molar-refractivity contribution in [2.45, 2.75) is 58.2 Å². The van der Waals surface area contributed by atoms with Gasteiger partial charge in [0.25, 0.3) is 0 Å². The van der Waals surface area contributed by atoms with E-state index < -0.39 is 8.32 Å². The van der Waals surface area contributed by atoms with Gasteiger partial charge < -0.3 is 4.43 Å². The lowest BCUT2D eigenvalue weighted by Crippen LogP contribution is -2.37. The predicted molar refractivity (Wildman–Crippen MR) is 75.9 cm³/mol. The fourth-order valence-electron chi connectivity index (χ4n) is 1.70. The number of hydrogen-bond donors (Lipinski definition) is 0. The molecule has 0 saturated heterocycles. The lowest BCUT2D eigenvalue weighted by molar-refractivity contribution is 0.290. The van der Waals surface area contributed by atoms with E-state index in [4.69, 9.17) is 4.43 Å². The standard InChI is InChI=1S/C11H25IOSi/c1-4-7-10-13-14(5-2,6-3)11-8-9-12/h4-11H2,1-3H3. The molecule has 3 heteroatoms. The maximum absolute atomic E-state index is 6.21. The average Bonchev–Trinajstić information content (AvgIpc) is 2.24. The van der Waals surface area contributed by atoms with Crippen molar-refractivity contribution in [2.75, 3.05) is 11.0 Å². The Labute approximate surface area is 104 Å². The van der Waals surface area contributed by atoms with E-state index in [1.54, 1.807) is 0 Å². The third-order valence-electron chi connectivity index (χ3n) is 2.96. The summed E-state index contributed by atoms with van der Waals surface area (Å²) in [7, 11) is -1.31. The fourth-order valence-corrected chi connectivity index (χ4v) is 5.96. The normalized spacial score (nSPS) is 12.0. The van der Waals surface area contributed by atoms with Crippen LogP contribution in [0.15, 0.2) is 0 Å². The summed E-state index contributed by atoms with van der Waals surface area (Å²) in [5, 5.41) is 0. The first-order chi connectivity index (χ1) is 6.74. The molecule has 0 aliphatic heterocycles. The molecule has 0 amide bonds. The topological polar surface area (TPSA) is 9.23 Å². The molecule has 0 aromatic heterocycles. The number of rotatable bonds is 9. The third kappa shape index (κ3) is 5.71. The zero-order chi connectivity index (χ0) is 10.9. The molecule has 0 saturated carbocycles. The predicted octanol–water partition coefficient (Wildman–Crippen LogP) is 4.61. The molecule has 0 fully saturated rings. The summed E-state index contributed by atoms with van der Waals surface area (Å²) in [6.45, 7) is 7.87. The van der Waals surface area contributed by atoms with Crippen molar-refractivity contribution >= 4 is 30.9 Å². The Kier molecular flexibility index (Phi) is 9.75. The summed E-state index contributed by atoms with van der Waals surface area (Å²) in [4.78, 5) is 0. The largest absolute Gasteiger partial charge is 0.417 e. The van der Waals surface area contributed by atoms with E-state index >= 15 is 0 Å². The molecule has 0 aliphatic rings. The molecule has 0 spiro atoms. The van der Waals surface area contributed by atoms with Gasteiger partial charge in [-0.1, -0.05) is 49.8 Å². The van der Waals surface area contributed by atoms with Crippen molar-refractivity contribution in [3.8, 4) is 0 Å². The smallest absolute Gasteiger partial charge is 0.192 e. The maximum atomic E-state index is 6.21. The molecule has 0 N–H and O–H groups in total. The molecular weight excluding hydrogens is 303 g/mol. The van der Waals surface area contributed by atoms with Crippen LogP contribution in [0.25, 0.3) is 0 Å². The highest BCUT2D eigenvalue weighted by atomic mass is 127. The Morgan fingerprint density at radius 2 is 1.71 bits per heavy atom. The highest BCUT2D eigenvalue weighted by Crippen LogP contribution is 2.24. The van der Waals surface area contributed by atoms with Gasteiger partial charge >= 0.3 is 0 Å². The Bertz CT molecular complexity index is 126. The Morgan fingerprint density at radius 3 is 2.14 bits per heavy atom. The summed E-state index contributed by atoms with van der Waals surface area (Å²) in [5.74, 6) is 0. The molecule has 0 aliphatic carbocycles. The van der Waals surface area contributed by atoms with E-state index in [0.29, 0.717) is 0 Å². The van der Waals surface area contributed by atoms with Crippen LogP contribution < -0.4 is 0 Å². The molecule has 0 radical (unpaired) electrons. The highest BCUT2D eigenvalue weighted by molar-refractivity contribution is 14.1. The van der Waals surface area contributed by atoms with Gasteiger partial charge in [-0.15, -0.1) is 0 Å². The van der Waals surface area contributed by atoms with Crippen LogP contribution in [-0.2, 0) is 4.43 Å². The number of alkyl halides is 1. The van der Waals surface area contributed by atoms with Crippen LogP contribution in [0.4, 0.5) is 0 Å². The van der Waals surface area contributed by atoms with E-state index in [1.165, 1.54) is 41.8 Å². The van der Waals surface area contributed by atoms with Gasteiger partial charge in [0.1, 0.15) is 0 Å². The van der Waals surface area contributed by atoms with Crippen molar-refractivity contribution in [3.05, 3.63) is 0 Å². The van der Waals surface area contributed by atoms with E-state index in [2.05, 4.69) is 43.4 Å². The SMILES string of the molecule is CCCCO[Si](CC)(CC)CCCI. The van der Waals surface area contributed by atoms with Gasteiger partial charge in [-0.2, -0.15) is 0 Å². The lowest BCUT2D eigenvalue weighted by Gasteiger charge is -2.29. The summed E-state index contributed by atoms with van der Waals surface area (Å²) >= 11 is 2.47. The number of halogens is 1. The summed E-state index contributed by atoms with van der Waals surface area (Å²) < 4.78 is 7.49. The second-order valence-electron chi connectivity index (χ2n) is 3.88. The van der Waals surface area contributed by atoms with Gasteiger partial charge in [-0.3, -0.25) is 0 Å². The van der Waals surface area contributed by atoms with E-state index in [9.17, 15) is 0 Å². The Morgan fingerprint density at radius 1 is 1.07 bits per heavy atom. The van der Waals surface area contributed by atoms with Crippen LogP contribution in [0, 0.1) is 0 Å². The minimum Gasteiger partial charge on any atom is -0.417 e. The fraction of sp³-hybridized carbons (Fsp3) is 1.00. The van der Waals surface area contributed by atoms with Crippen LogP contribution >= 0.6 is 22.6 Å². The molecule has 1 nitrogen and oxygen atoms in total. The average molecular weight is 328 g/mol. The highest BCUT2D eigenvalue weighted by Gasteiger charge is 2.29. The van der Waals surface area contributed by atoms with Crippen LogP contribution in [0.2, 0.25) is 18.1 Å². The van der Waals surface area contributed by atoms with Crippen molar-refractivity contribution < 1.29 is 4.43 Å². The molecule has 0 bridgehead atoms. The van der Waals surface area contributed by atoms with Crippen LogP contribution in [0.5, 0.6) is 0 Å². The second-order valence-corrected chi connectivity index (χ2v) is 9.53. The first-order valence-corrected chi connectivity index (χ1v) is 10.00. The summed E-state index contributed by atoms with van der Waals surface area (Å²) in [6.07, 6.45) is 3.84. The monoisotopic (exact) mass is 328 g/mol. The van der Waals surface area contributed by atoms with Crippen LogP contribution in [0.1, 0.15) is 40.0 Å². The van der Waals surface area contributed by atoms with E-state index in [-0.39, 0.29) is 0 Å². The molecule has 0 aromatic carbocycles. The van der Waals surface area contributed by atoms with Gasteiger partial charge in [-0.05, 0) is 35.4 Å². The van der Waals surface area contributed by atoms with Gasteiger partial charge in [0.05, 0.1) is 0 Å². The first kappa shape index (κ1) is 14.9. The van der Waals surface area contributed by atoms with Gasteiger partial charge in [0.2, 0.25) is 0 Å². The minimum atomic E-state index is -1.31. The Hall–Kier alpha value is 0.907. The van der Waals surface area contributed by atoms with Crippen LogP contribution in [0.3, 0.4) is 0 Å². The Balaban J connectivity index is 3.94. The summed E-state index contributed by atoms with van der Waals surface area (Å²) in [5.41, 5.74) is 0. The third-order valence-corrected chi connectivity index (χ3v) is 8.38. The van der Waals surface area contributed by atoms with Crippen molar-refractivity contribution in [3.63, 3.8) is 0 Å². The second kappa shape index (κ2) is 9.16. The molecule has 0 heterocycles. The van der Waals surface area contributed by atoms with E-state index in [1.807, 2.05) is 0 Å². The molecule has 0 atom stereocenters. The molecule has 0 rings (SSSR count).